The summed E-state index contributed by atoms with van der Waals surface area (Å²) >= 11 is 0. The van der Waals surface area contributed by atoms with E-state index in [2.05, 4.69) is 10.6 Å². The lowest BCUT2D eigenvalue weighted by Crippen LogP contribution is -2.49. The third-order valence-electron chi connectivity index (χ3n) is 3.16. The van der Waals surface area contributed by atoms with Crippen molar-refractivity contribution in [3.05, 3.63) is 0 Å². The first-order valence-corrected chi connectivity index (χ1v) is 6.69. The van der Waals surface area contributed by atoms with Crippen LogP contribution >= 0.6 is 0 Å². The van der Waals surface area contributed by atoms with Crippen molar-refractivity contribution in [2.75, 3.05) is 26.2 Å². The summed E-state index contributed by atoms with van der Waals surface area (Å²) in [6.07, 6.45) is 1.43. The van der Waals surface area contributed by atoms with Gasteiger partial charge in [0.2, 0.25) is 5.91 Å². The lowest BCUT2D eigenvalue weighted by atomic mass is 10.2. The molecule has 0 aromatic rings. The average molecular weight is 285 g/mol. The Labute approximate surface area is 116 Å². The van der Waals surface area contributed by atoms with E-state index in [1.165, 1.54) is 0 Å². The number of carboxylic acid groups (broad SMARTS) is 1. The number of nitrogens with zero attached hydrogens (tertiary/aromatic N) is 1. The van der Waals surface area contributed by atoms with Gasteiger partial charge in [-0.15, -0.1) is 0 Å². The van der Waals surface area contributed by atoms with Crippen LogP contribution in [0, 0.1) is 0 Å². The van der Waals surface area contributed by atoms with Gasteiger partial charge in [-0.1, -0.05) is 0 Å². The van der Waals surface area contributed by atoms with Crippen molar-refractivity contribution in [1.29, 1.82) is 0 Å². The zero-order chi connectivity index (χ0) is 14.5. The summed E-state index contributed by atoms with van der Waals surface area (Å²) in [4.78, 5) is 35.5. The summed E-state index contributed by atoms with van der Waals surface area (Å²) < 4.78 is 5.31. The summed E-state index contributed by atoms with van der Waals surface area (Å²) in [5, 5.41) is 13.6. The Morgan fingerprint density at radius 2 is 2.05 bits per heavy atom. The third-order valence-corrected chi connectivity index (χ3v) is 3.16. The minimum Gasteiger partial charge on any atom is -0.481 e. The number of carboxylic acids is 1. The van der Waals surface area contributed by atoms with E-state index in [0.29, 0.717) is 19.7 Å². The Balaban J connectivity index is 1.69. The van der Waals surface area contributed by atoms with E-state index in [0.717, 1.165) is 12.8 Å². The Morgan fingerprint density at radius 3 is 2.70 bits per heavy atom. The minimum absolute atomic E-state index is 0.0670. The van der Waals surface area contributed by atoms with E-state index >= 15 is 0 Å². The molecular formula is C12H19N3O5. The summed E-state index contributed by atoms with van der Waals surface area (Å²) in [6, 6.07) is -0.265. The first kappa shape index (κ1) is 14.7. The molecule has 112 valence electrons. The number of amides is 3. The molecule has 3 N–H and O–H groups in total. The Kier molecular flexibility index (Phi) is 4.91. The number of rotatable bonds is 5. The highest BCUT2D eigenvalue weighted by molar-refractivity contribution is 5.95. The van der Waals surface area contributed by atoms with Crippen LogP contribution in [0.2, 0.25) is 0 Å². The second kappa shape index (κ2) is 6.67. The predicted octanol–water partition coefficient (Wildman–Crippen LogP) is -0.850. The number of carbonyl (C=O) groups excluding carboxylic acids is 2. The lowest BCUT2D eigenvalue weighted by molar-refractivity contribution is -0.142. The SMILES string of the molecule is O=C(O)CC1CN(CC(=O)NC(=O)NC2CC2)CCO1. The largest absolute Gasteiger partial charge is 0.481 e. The molecule has 1 unspecified atom stereocenters. The number of aliphatic carboxylic acids is 1. The Hall–Kier alpha value is -1.67. The molecule has 2 fully saturated rings. The van der Waals surface area contributed by atoms with Gasteiger partial charge in [-0.3, -0.25) is 19.8 Å². The number of hydrogen-bond acceptors (Lipinski definition) is 5. The van der Waals surface area contributed by atoms with Crippen molar-refractivity contribution in [2.24, 2.45) is 0 Å². The van der Waals surface area contributed by atoms with E-state index in [-0.39, 0.29) is 24.9 Å². The van der Waals surface area contributed by atoms with Gasteiger partial charge in [0.05, 0.1) is 25.7 Å². The number of imide groups is 1. The molecule has 0 aromatic carbocycles. The summed E-state index contributed by atoms with van der Waals surface area (Å²) in [6.45, 7) is 1.38. The van der Waals surface area contributed by atoms with E-state index in [4.69, 9.17) is 9.84 Å². The van der Waals surface area contributed by atoms with Crippen LogP contribution in [-0.4, -0.2) is 66.3 Å². The normalized spacial score (nSPS) is 23.1. The van der Waals surface area contributed by atoms with Gasteiger partial charge < -0.3 is 15.2 Å². The fourth-order valence-corrected chi connectivity index (χ4v) is 2.06. The number of morpholine rings is 1. The zero-order valence-corrected chi connectivity index (χ0v) is 11.1. The number of carbonyl (C=O) groups is 3. The molecule has 0 radical (unpaired) electrons. The van der Waals surface area contributed by atoms with Gasteiger partial charge in [-0.25, -0.2) is 4.79 Å². The lowest BCUT2D eigenvalue weighted by Gasteiger charge is -2.31. The van der Waals surface area contributed by atoms with Crippen LogP contribution in [0.15, 0.2) is 0 Å². The van der Waals surface area contributed by atoms with Crippen LogP contribution in [0.4, 0.5) is 4.79 Å². The number of ether oxygens (including phenoxy) is 1. The molecule has 0 aromatic heterocycles. The van der Waals surface area contributed by atoms with Crippen molar-refractivity contribution in [2.45, 2.75) is 31.4 Å². The molecule has 1 saturated carbocycles. The van der Waals surface area contributed by atoms with E-state index in [1.54, 1.807) is 4.90 Å². The molecular weight excluding hydrogens is 266 g/mol. The molecule has 8 heteroatoms. The van der Waals surface area contributed by atoms with Crippen LogP contribution in [0.1, 0.15) is 19.3 Å². The molecule has 1 heterocycles. The van der Waals surface area contributed by atoms with Crippen LogP contribution < -0.4 is 10.6 Å². The van der Waals surface area contributed by atoms with Gasteiger partial charge in [-0.05, 0) is 12.8 Å². The average Bonchev–Trinajstić information content (AvgIpc) is 3.11. The van der Waals surface area contributed by atoms with Gasteiger partial charge in [0.1, 0.15) is 0 Å². The summed E-state index contributed by atoms with van der Waals surface area (Å²) in [5.74, 6) is -1.32. The highest BCUT2D eigenvalue weighted by atomic mass is 16.5. The van der Waals surface area contributed by atoms with Gasteiger partial charge in [0, 0.05) is 19.1 Å². The first-order chi connectivity index (χ1) is 9.52. The zero-order valence-electron chi connectivity index (χ0n) is 11.1. The molecule has 1 saturated heterocycles. The standard InChI is InChI=1S/C12H19N3O5/c16-10(14-12(19)13-8-1-2-8)7-15-3-4-20-9(6-15)5-11(17)18/h8-9H,1-7H2,(H,17,18)(H2,13,14,16,19). The first-order valence-electron chi connectivity index (χ1n) is 6.69. The second-order valence-corrected chi connectivity index (χ2v) is 5.12. The number of urea groups is 1. The minimum atomic E-state index is -0.926. The van der Waals surface area contributed by atoms with E-state index < -0.39 is 18.1 Å². The molecule has 1 aliphatic carbocycles. The van der Waals surface area contributed by atoms with Crippen molar-refractivity contribution in [3.8, 4) is 0 Å². The second-order valence-electron chi connectivity index (χ2n) is 5.12. The Bertz CT molecular complexity index is 397. The van der Waals surface area contributed by atoms with Crippen molar-refractivity contribution in [1.82, 2.24) is 15.5 Å². The van der Waals surface area contributed by atoms with Crippen LogP contribution in [0.5, 0.6) is 0 Å². The van der Waals surface area contributed by atoms with Crippen molar-refractivity contribution in [3.63, 3.8) is 0 Å². The quantitative estimate of drug-likeness (QED) is 0.607. The van der Waals surface area contributed by atoms with Crippen molar-refractivity contribution >= 4 is 17.9 Å². The highest BCUT2D eigenvalue weighted by Gasteiger charge is 2.26. The molecule has 0 spiro atoms. The monoisotopic (exact) mass is 285 g/mol. The van der Waals surface area contributed by atoms with Gasteiger partial charge in [0.25, 0.3) is 0 Å². The fraction of sp³-hybridized carbons (Fsp3) is 0.750. The van der Waals surface area contributed by atoms with E-state index in [9.17, 15) is 14.4 Å². The highest BCUT2D eigenvalue weighted by Crippen LogP contribution is 2.18. The van der Waals surface area contributed by atoms with E-state index in [1.807, 2.05) is 0 Å². The van der Waals surface area contributed by atoms with Crippen LogP contribution in [0.3, 0.4) is 0 Å². The molecule has 3 amide bonds. The van der Waals surface area contributed by atoms with Gasteiger partial charge in [0.15, 0.2) is 0 Å². The smallest absolute Gasteiger partial charge is 0.321 e. The van der Waals surface area contributed by atoms with Crippen LogP contribution in [0.25, 0.3) is 0 Å². The topological polar surface area (TPSA) is 108 Å². The van der Waals surface area contributed by atoms with Crippen molar-refractivity contribution < 1.29 is 24.2 Å². The summed E-state index contributed by atoms with van der Waals surface area (Å²) in [5.41, 5.74) is 0. The Morgan fingerprint density at radius 1 is 1.30 bits per heavy atom. The maximum Gasteiger partial charge on any atom is 0.321 e. The van der Waals surface area contributed by atoms with Crippen LogP contribution in [-0.2, 0) is 14.3 Å². The van der Waals surface area contributed by atoms with Gasteiger partial charge in [-0.2, -0.15) is 0 Å². The fourth-order valence-electron chi connectivity index (χ4n) is 2.06. The number of nitrogens with one attached hydrogen (secondary N) is 2. The molecule has 8 nitrogen and oxygen atoms in total. The molecule has 0 bridgehead atoms. The summed E-state index contributed by atoms with van der Waals surface area (Å²) in [7, 11) is 0. The molecule has 1 aliphatic heterocycles. The molecule has 20 heavy (non-hydrogen) atoms. The van der Waals surface area contributed by atoms with Gasteiger partial charge >= 0.3 is 12.0 Å². The molecule has 2 aliphatic rings. The molecule has 2 rings (SSSR count). The number of hydrogen-bond donors (Lipinski definition) is 3. The maximum atomic E-state index is 11.7. The maximum absolute atomic E-state index is 11.7. The third kappa shape index (κ3) is 5.14. The molecule has 1 atom stereocenters. The predicted molar refractivity (Wildman–Crippen MR) is 68.1 cm³/mol.